The van der Waals surface area contributed by atoms with Crippen LogP contribution >= 0.6 is 0 Å². The lowest BCUT2D eigenvalue weighted by molar-refractivity contribution is -0.161. The molecule has 1 saturated carbocycles. The second kappa shape index (κ2) is 17.2. The van der Waals surface area contributed by atoms with Crippen molar-refractivity contribution in [3.63, 3.8) is 0 Å². The summed E-state index contributed by atoms with van der Waals surface area (Å²) in [4.78, 5) is 28.5. The summed E-state index contributed by atoms with van der Waals surface area (Å²) in [6.07, 6.45) is 10.5. The Balaban J connectivity index is 1.76. The number of hydrogen-bond donors (Lipinski definition) is 2. The predicted molar refractivity (Wildman–Crippen MR) is 162 cm³/mol. The van der Waals surface area contributed by atoms with E-state index in [1.165, 1.54) is 12.8 Å². The molecule has 0 spiro atoms. The van der Waals surface area contributed by atoms with E-state index in [0.29, 0.717) is 36.9 Å². The molecule has 0 amide bonds. The van der Waals surface area contributed by atoms with Gasteiger partial charge in [-0.25, -0.2) is 0 Å². The first kappa shape index (κ1) is 34.3. The Labute approximate surface area is 253 Å². The Bertz CT molecular complexity index is 968. The minimum atomic E-state index is -0.861. The van der Waals surface area contributed by atoms with Gasteiger partial charge in [-0.1, -0.05) is 46.3 Å². The SMILES string of the molecule is C[C@@H]1C[C@H](C)C[C@H](C)[C@@H](O)CC(=O)O[C@H]([C@@H]2CCC[C@H]2C(=O)OCCN2CCCC2)C/C=C/C=C(/C#N)[C@H](O)[C@@H](C)C1. The van der Waals surface area contributed by atoms with Crippen LogP contribution in [0.15, 0.2) is 23.8 Å². The van der Waals surface area contributed by atoms with Crippen LogP contribution in [0.25, 0.3) is 0 Å². The van der Waals surface area contributed by atoms with E-state index < -0.39 is 24.3 Å². The van der Waals surface area contributed by atoms with Crippen molar-refractivity contribution in [1.29, 1.82) is 5.26 Å². The molecule has 0 unspecified atom stereocenters. The summed E-state index contributed by atoms with van der Waals surface area (Å²) in [7, 11) is 0. The third-order valence-corrected chi connectivity index (χ3v) is 9.64. The number of allylic oxidation sites excluding steroid dienone is 2. The number of likely N-dealkylation sites (tertiary alicyclic amines) is 1. The molecule has 3 rings (SSSR count). The minimum absolute atomic E-state index is 0.0714. The average Bonchev–Trinajstić information content (AvgIpc) is 3.64. The van der Waals surface area contributed by atoms with E-state index >= 15 is 0 Å². The zero-order valence-electron chi connectivity index (χ0n) is 26.2. The lowest BCUT2D eigenvalue weighted by atomic mass is 9.82. The largest absolute Gasteiger partial charge is 0.464 e. The molecule has 3 aliphatic rings. The van der Waals surface area contributed by atoms with E-state index in [1.807, 2.05) is 19.9 Å². The molecule has 0 bridgehead atoms. The van der Waals surface area contributed by atoms with Crippen LogP contribution in [0.4, 0.5) is 0 Å². The second-order valence-corrected chi connectivity index (χ2v) is 13.4. The predicted octanol–water partition coefficient (Wildman–Crippen LogP) is 5.19. The fourth-order valence-electron chi connectivity index (χ4n) is 7.34. The van der Waals surface area contributed by atoms with E-state index in [1.54, 1.807) is 12.2 Å². The number of carbonyl (C=O) groups excluding carboxylic acids is 2. The number of hydrogen-bond acceptors (Lipinski definition) is 8. The van der Waals surface area contributed by atoms with Gasteiger partial charge in [0, 0.05) is 18.9 Å². The molecule has 1 saturated heterocycles. The van der Waals surface area contributed by atoms with Crippen molar-refractivity contribution >= 4 is 11.9 Å². The van der Waals surface area contributed by atoms with E-state index in [2.05, 4.69) is 24.8 Å². The number of nitrogens with zero attached hydrogens (tertiary/aromatic N) is 2. The van der Waals surface area contributed by atoms with Crippen LogP contribution in [0, 0.1) is 46.8 Å². The summed E-state index contributed by atoms with van der Waals surface area (Å²) in [6.45, 7) is 11.5. The Morgan fingerprint density at radius 2 is 1.74 bits per heavy atom. The van der Waals surface area contributed by atoms with Gasteiger partial charge in [-0.15, -0.1) is 0 Å². The molecule has 0 aromatic carbocycles. The first-order chi connectivity index (χ1) is 20.1. The third kappa shape index (κ3) is 10.5. The van der Waals surface area contributed by atoms with Crippen LogP contribution in [-0.4, -0.2) is 71.6 Å². The summed E-state index contributed by atoms with van der Waals surface area (Å²) in [6, 6.07) is 2.16. The van der Waals surface area contributed by atoms with E-state index in [4.69, 9.17) is 9.47 Å². The monoisotopic (exact) mass is 586 g/mol. The molecule has 2 aliphatic heterocycles. The lowest BCUT2D eigenvalue weighted by Crippen LogP contribution is -2.35. The summed E-state index contributed by atoms with van der Waals surface area (Å²) in [5.41, 5.74) is 0.311. The molecule has 8 heteroatoms. The van der Waals surface area contributed by atoms with Crippen LogP contribution < -0.4 is 0 Å². The molecule has 2 heterocycles. The maximum absolute atomic E-state index is 13.1. The molecule has 8 nitrogen and oxygen atoms in total. The minimum Gasteiger partial charge on any atom is -0.464 e. The van der Waals surface area contributed by atoms with Gasteiger partial charge in [0.25, 0.3) is 0 Å². The fourth-order valence-corrected chi connectivity index (χ4v) is 7.34. The number of esters is 2. The number of carbonyl (C=O) groups is 2. The third-order valence-electron chi connectivity index (χ3n) is 9.64. The summed E-state index contributed by atoms with van der Waals surface area (Å²) in [5, 5.41) is 31.5. The molecule has 1 aliphatic carbocycles. The number of rotatable bonds is 5. The molecule has 2 N–H and O–H groups in total. The van der Waals surface area contributed by atoms with Crippen LogP contribution in [-0.2, 0) is 19.1 Å². The molecule has 2 fully saturated rings. The van der Waals surface area contributed by atoms with Crippen molar-refractivity contribution in [2.24, 2.45) is 35.5 Å². The zero-order chi connectivity index (χ0) is 30.6. The van der Waals surface area contributed by atoms with Crippen molar-refractivity contribution in [3.8, 4) is 6.07 Å². The number of ether oxygens (including phenoxy) is 2. The smallest absolute Gasteiger partial charge is 0.309 e. The number of aliphatic hydroxyl groups is 2. The van der Waals surface area contributed by atoms with Crippen LogP contribution in [0.5, 0.6) is 0 Å². The highest BCUT2D eigenvalue weighted by Crippen LogP contribution is 2.38. The van der Waals surface area contributed by atoms with Gasteiger partial charge in [-0.3, -0.25) is 14.5 Å². The van der Waals surface area contributed by atoms with E-state index in [0.717, 1.165) is 51.7 Å². The number of cyclic esters (lactones) is 1. The molecule has 0 aromatic heterocycles. The normalized spacial score (nSPS) is 38.4. The number of nitriles is 1. The van der Waals surface area contributed by atoms with Crippen molar-refractivity contribution in [1.82, 2.24) is 4.90 Å². The molecule has 9 atom stereocenters. The maximum Gasteiger partial charge on any atom is 0.309 e. The number of aliphatic hydroxyl groups excluding tert-OH is 2. The van der Waals surface area contributed by atoms with Crippen LogP contribution in [0.1, 0.15) is 91.9 Å². The Kier molecular flexibility index (Phi) is 14.0. The Morgan fingerprint density at radius 1 is 1.05 bits per heavy atom. The Morgan fingerprint density at radius 3 is 2.43 bits per heavy atom. The maximum atomic E-state index is 13.1. The van der Waals surface area contributed by atoms with Gasteiger partial charge in [-0.05, 0) is 87.8 Å². The summed E-state index contributed by atoms with van der Waals surface area (Å²) >= 11 is 0. The molecular formula is C34H54N2O6. The van der Waals surface area contributed by atoms with Gasteiger partial charge < -0.3 is 19.7 Å². The molecular weight excluding hydrogens is 532 g/mol. The van der Waals surface area contributed by atoms with Gasteiger partial charge >= 0.3 is 11.9 Å². The molecule has 0 radical (unpaired) electrons. The average molecular weight is 587 g/mol. The van der Waals surface area contributed by atoms with Gasteiger partial charge in [0.2, 0.25) is 0 Å². The highest BCUT2D eigenvalue weighted by Gasteiger charge is 2.40. The topological polar surface area (TPSA) is 120 Å². The first-order valence-electron chi connectivity index (χ1n) is 16.3. The zero-order valence-corrected chi connectivity index (χ0v) is 26.2. The molecule has 236 valence electrons. The van der Waals surface area contributed by atoms with Crippen LogP contribution in [0.2, 0.25) is 0 Å². The van der Waals surface area contributed by atoms with Gasteiger partial charge in [0.1, 0.15) is 12.7 Å². The fraction of sp³-hybridized carbons (Fsp3) is 0.794. The van der Waals surface area contributed by atoms with E-state index in [9.17, 15) is 25.1 Å². The lowest BCUT2D eigenvalue weighted by Gasteiger charge is -2.29. The molecule has 0 aromatic rings. The Hall–Kier alpha value is -2.21. The van der Waals surface area contributed by atoms with Crippen LogP contribution in [0.3, 0.4) is 0 Å². The van der Waals surface area contributed by atoms with Crippen molar-refractivity contribution in [3.05, 3.63) is 23.8 Å². The van der Waals surface area contributed by atoms with Gasteiger partial charge in [-0.2, -0.15) is 5.26 Å². The standard InChI is InChI=1S/C34H54N2O6/c1-23-18-24(2)20-26(4)33(39)27(22-35)10-5-6-13-31(42-32(38)21-30(37)25(3)19-23)28-11-9-12-29(28)34(40)41-17-16-36-14-7-8-15-36/h5-6,10,23-26,28-31,33,37,39H,7-9,11-21H2,1-4H3/b6-5+,27-10-/t23-,24+,25-,26-,28+,29+,30-,31-,33+/m0/s1. The van der Waals surface area contributed by atoms with Gasteiger partial charge in [0.05, 0.1) is 36.2 Å². The highest BCUT2D eigenvalue weighted by atomic mass is 16.5. The quantitative estimate of drug-likeness (QED) is 0.423. The van der Waals surface area contributed by atoms with Gasteiger partial charge in [0.15, 0.2) is 0 Å². The first-order valence-corrected chi connectivity index (χ1v) is 16.3. The second-order valence-electron chi connectivity index (χ2n) is 13.4. The van der Waals surface area contributed by atoms with E-state index in [-0.39, 0.29) is 36.1 Å². The summed E-state index contributed by atoms with van der Waals surface area (Å²) < 4.78 is 11.7. The molecule has 42 heavy (non-hydrogen) atoms. The van der Waals surface area contributed by atoms with Crippen molar-refractivity contribution < 1.29 is 29.3 Å². The van der Waals surface area contributed by atoms with Crippen molar-refractivity contribution in [2.75, 3.05) is 26.2 Å². The highest BCUT2D eigenvalue weighted by molar-refractivity contribution is 5.74. The summed E-state index contributed by atoms with van der Waals surface area (Å²) in [5.74, 6) is -0.661. The van der Waals surface area contributed by atoms with Crippen molar-refractivity contribution in [2.45, 2.75) is 110 Å².